The number of rotatable bonds is 0. The molecule has 1 aliphatic heterocycles. The minimum atomic E-state index is -0.204. The molecule has 1 heterocycles. The van der Waals surface area contributed by atoms with Crippen LogP contribution in [0.15, 0.2) is 0 Å². The summed E-state index contributed by atoms with van der Waals surface area (Å²) in [6, 6.07) is 0. The van der Waals surface area contributed by atoms with Crippen LogP contribution in [0.3, 0.4) is 0 Å². The van der Waals surface area contributed by atoms with Gasteiger partial charge >= 0.3 is 0 Å². The van der Waals surface area contributed by atoms with E-state index in [4.69, 9.17) is 0 Å². The number of nitrogens with zero attached hydrogens (tertiary/aromatic N) is 1. The maximum atomic E-state index is 11.7. The lowest BCUT2D eigenvalue weighted by molar-refractivity contribution is -0.138. The lowest BCUT2D eigenvalue weighted by atomic mass is 9.95. The van der Waals surface area contributed by atoms with Gasteiger partial charge in [-0.05, 0) is 12.3 Å². The molecule has 2 heteroatoms. The normalized spacial score (nSPS) is 24.7. The summed E-state index contributed by atoms with van der Waals surface area (Å²) < 4.78 is 0. The smallest absolute Gasteiger partial charge is 0.227 e. The molecule has 0 N–H and O–H groups in total. The monoisotopic (exact) mass is 169 g/mol. The molecule has 1 saturated heterocycles. The zero-order valence-corrected chi connectivity index (χ0v) is 8.55. The van der Waals surface area contributed by atoms with Crippen molar-refractivity contribution in [2.24, 2.45) is 11.3 Å². The average Bonchev–Trinajstić information content (AvgIpc) is 2.32. The van der Waals surface area contributed by atoms with Crippen molar-refractivity contribution in [1.82, 2.24) is 4.90 Å². The molecule has 0 unspecified atom stereocenters. The van der Waals surface area contributed by atoms with Crippen LogP contribution < -0.4 is 0 Å². The standard InChI is InChI=1S/C10H19NO/c1-8-5-6-11(7-8)9(12)10(2,3)4/h8H,5-7H2,1-4H3/t8-/m0/s1. The van der Waals surface area contributed by atoms with Crippen LogP contribution in [0.1, 0.15) is 34.1 Å². The van der Waals surface area contributed by atoms with Crippen molar-refractivity contribution < 1.29 is 4.79 Å². The summed E-state index contributed by atoms with van der Waals surface area (Å²) in [5.41, 5.74) is -0.204. The summed E-state index contributed by atoms with van der Waals surface area (Å²) in [5.74, 6) is 0.989. The Hall–Kier alpha value is -0.530. The Labute approximate surface area is 74.9 Å². The number of carbonyl (C=O) groups excluding carboxylic acids is 1. The zero-order valence-electron chi connectivity index (χ0n) is 8.55. The van der Waals surface area contributed by atoms with E-state index in [1.165, 1.54) is 6.42 Å². The summed E-state index contributed by atoms with van der Waals surface area (Å²) in [4.78, 5) is 13.7. The van der Waals surface area contributed by atoms with Gasteiger partial charge in [-0.1, -0.05) is 27.7 Å². The second kappa shape index (κ2) is 3.08. The molecule has 0 aliphatic carbocycles. The Morgan fingerprint density at radius 3 is 2.33 bits per heavy atom. The summed E-state index contributed by atoms with van der Waals surface area (Å²) in [7, 11) is 0. The second-order valence-electron chi connectivity index (χ2n) is 4.90. The fourth-order valence-electron chi connectivity index (χ4n) is 1.59. The van der Waals surface area contributed by atoms with Crippen molar-refractivity contribution in [1.29, 1.82) is 0 Å². The first-order valence-corrected chi connectivity index (χ1v) is 4.70. The number of likely N-dealkylation sites (tertiary alicyclic amines) is 1. The molecule has 12 heavy (non-hydrogen) atoms. The Kier molecular flexibility index (Phi) is 2.45. The number of carbonyl (C=O) groups is 1. The fraction of sp³-hybridized carbons (Fsp3) is 0.900. The van der Waals surface area contributed by atoms with E-state index in [-0.39, 0.29) is 5.41 Å². The summed E-state index contributed by atoms with van der Waals surface area (Å²) in [6.07, 6.45) is 1.17. The van der Waals surface area contributed by atoms with Crippen LogP contribution in [-0.2, 0) is 4.79 Å². The molecule has 1 fully saturated rings. The van der Waals surface area contributed by atoms with E-state index in [9.17, 15) is 4.79 Å². The van der Waals surface area contributed by atoms with E-state index in [1.54, 1.807) is 0 Å². The molecular formula is C10H19NO. The third-order valence-electron chi connectivity index (χ3n) is 2.35. The molecular weight excluding hydrogens is 150 g/mol. The molecule has 0 aromatic rings. The van der Waals surface area contributed by atoms with Gasteiger partial charge in [-0.2, -0.15) is 0 Å². The Balaban J connectivity index is 2.55. The highest BCUT2D eigenvalue weighted by Gasteiger charge is 2.30. The minimum Gasteiger partial charge on any atom is -0.342 e. The number of amides is 1. The van der Waals surface area contributed by atoms with Gasteiger partial charge in [-0.15, -0.1) is 0 Å². The molecule has 0 aromatic heterocycles. The predicted molar refractivity (Wildman–Crippen MR) is 49.8 cm³/mol. The third kappa shape index (κ3) is 1.99. The first kappa shape index (κ1) is 9.56. The summed E-state index contributed by atoms with van der Waals surface area (Å²) in [5, 5.41) is 0. The molecule has 0 bridgehead atoms. The van der Waals surface area contributed by atoms with Crippen LogP contribution in [0.5, 0.6) is 0 Å². The molecule has 1 aliphatic rings. The average molecular weight is 169 g/mol. The van der Waals surface area contributed by atoms with E-state index in [0.717, 1.165) is 13.1 Å². The van der Waals surface area contributed by atoms with Crippen LogP contribution in [0.2, 0.25) is 0 Å². The van der Waals surface area contributed by atoms with Crippen molar-refractivity contribution in [3.05, 3.63) is 0 Å². The van der Waals surface area contributed by atoms with Gasteiger partial charge < -0.3 is 4.90 Å². The van der Waals surface area contributed by atoms with E-state index in [1.807, 2.05) is 25.7 Å². The van der Waals surface area contributed by atoms with Crippen molar-refractivity contribution in [3.63, 3.8) is 0 Å². The van der Waals surface area contributed by atoms with Gasteiger partial charge in [0.2, 0.25) is 5.91 Å². The first-order valence-electron chi connectivity index (χ1n) is 4.70. The van der Waals surface area contributed by atoms with Gasteiger partial charge in [-0.3, -0.25) is 4.79 Å². The molecule has 70 valence electrons. The molecule has 2 nitrogen and oxygen atoms in total. The topological polar surface area (TPSA) is 20.3 Å². The molecule has 0 spiro atoms. The summed E-state index contributed by atoms with van der Waals surface area (Å²) >= 11 is 0. The van der Waals surface area contributed by atoms with Crippen molar-refractivity contribution in [2.45, 2.75) is 34.1 Å². The van der Waals surface area contributed by atoms with Crippen molar-refractivity contribution >= 4 is 5.91 Å². The molecule has 0 aromatic carbocycles. The lowest BCUT2D eigenvalue weighted by Crippen LogP contribution is -2.37. The van der Waals surface area contributed by atoms with E-state index in [0.29, 0.717) is 11.8 Å². The van der Waals surface area contributed by atoms with Gasteiger partial charge in [-0.25, -0.2) is 0 Å². The van der Waals surface area contributed by atoms with Crippen LogP contribution in [0, 0.1) is 11.3 Å². The zero-order chi connectivity index (χ0) is 9.35. The van der Waals surface area contributed by atoms with E-state index >= 15 is 0 Å². The van der Waals surface area contributed by atoms with Gasteiger partial charge in [0.1, 0.15) is 0 Å². The Morgan fingerprint density at radius 2 is 2.00 bits per heavy atom. The van der Waals surface area contributed by atoms with Gasteiger partial charge in [0.15, 0.2) is 0 Å². The lowest BCUT2D eigenvalue weighted by Gasteiger charge is -2.25. The van der Waals surface area contributed by atoms with Crippen molar-refractivity contribution in [3.8, 4) is 0 Å². The highest BCUT2D eigenvalue weighted by molar-refractivity contribution is 5.81. The number of hydrogen-bond donors (Lipinski definition) is 0. The minimum absolute atomic E-state index is 0.204. The molecule has 1 amide bonds. The molecule has 1 atom stereocenters. The summed E-state index contributed by atoms with van der Waals surface area (Å²) in [6.45, 7) is 10.1. The molecule has 1 rings (SSSR count). The third-order valence-corrected chi connectivity index (χ3v) is 2.35. The first-order chi connectivity index (χ1) is 5.41. The quantitative estimate of drug-likeness (QED) is 0.542. The van der Waals surface area contributed by atoms with E-state index in [2.05, 4.69) is 6.92 Å². The van der Waals surface area contributed by atoms with Gasteiger partial charge in [0.25, 0.3) is 0 Å². The van der Waals surface area contributed by atoms with Gasteiger partial charge in [0.05, 0.1) is 0 Å². The number of hydrogen-bond acceptors (Lipinski definition) is 1. The maximum absolute atomic E-state index is 11.7. The Morgan fingerprint density at radius 1 is 1.42 bits per heavy atom. The molecule has 0 radical (unpaired) electrons. The SMILES string of the molecule is C[C@H]1CCN(C(=O)C(C)(C)C)C1. The highest BCUT2D eigenvalue weighted by Crippen LogP contribution is 2.23. The van der Waals surface area contributed by atoms with E-state index < -0.39 is 0 Å². The van der Waals surface area contributed by atoms with Gasteiger partial charge in [0, 0.05) is 18.5 Å². The van der Waals surface area contributed by atoms with Crippen LogP contribution >= 0.6 is 0 Å². The highest BCUT2D eigenvalue weighted by atomic mass is 16.2. The predicted octanol–water partition coefficient (Wildman–Crippen LogP) is 1.90. The second-order valence-corrected chi connectivity index (χ2v) is 4.90. The van der Waals surface area contributed by atoms with Crippen LogP contribution in [0.4, 0.5) is 0 Å². The largest absolute Gasteiger partial charge is 0.342 e. The van der Waals surface area contributed by atoms with Crippen molar-refractivity contribution in [2.75, 3.05) is 13.1 Å². The fourth-order valence-corrected chi connectivity index (χ4v) is 1.59. The van der Waals surface area contributed by atoms with Crippen LogP contribution in [0.25, 0.3) is 0 Å². The molecule has 0 saturated carbocycles. The Bertz CT molecular complexity index is 181. The maximum Gasteiger partial charge on any atom is 0.227 e. The van der Waals surface area contributed by atoms with Crippen LogP contribution in [-0.4, -0.2) is 23.9 Å².